The number of ether oxygens (including phenoxy) is 1. The molecule has 1 fully saturated rings. The molecule has 0 aromatic heterocycles. The van der Waals surface area contributed by atoms with Gasteiger partial charge in [-0.3, -0.25) is 0 Å². The van der Waals surface area contributed by atoms with Gasteiger partial charge in [0.15, 0.2) is 0 Å². The van der Waals surface area contributed by atoms with Crippen LogP contribution in [0.2, 0.25) is 0 Å². The molecule has 0 aliphatic heterocycles. The average Bonchev–Trinajstić information content (AvgIpc) is 2.21. The Labute approximate surface area is 76.7 Å². The third-order valence-corrected chi connectivity index (χ3v) is 2.42. The monoisotopic (exact) mass is 173 g/mol. The molecule has 0 atom stereocenters. The third kappa shape index (κ3) is 4.07. The molecule has 2 heteroatoms. The predicted octanol–water partition coefficient (Wildman–Crippen LogP) is 2.19. The molecule has 0 radical (unpaired) electrons. The Morgan fingerprint density at radius 3 is 1.92 bits per heavy atom. The van der Waals surface area contributed by atoms with Crippen molar-refractivity contribution in [2.24, 2.45) is 0 Å². The summed E-state index contributed by atoms with van der Waals surface area (Å²) in [5.41, 5.74) is 0. The van der Waals surface area contributed by atoms with E-state index in [2.05, 4.69) is 5.32 Å². The molecule has 0 spiro atoms. The summed E-state index contributed by atoms with van der Waals surface area (Å²) in [4.78, 5) is 0. The highest BCUT2D eigenvalue weighted by molar-refractivity contribution is 4.75. The van der Waals surface area contributed by atoms with Crippen LogP contribution in [0, 0.1) is 0 Å². The Hall–Kier alpha value is -0.0800. The molecule has 1 rings (SSSR count). The second kappa shape index (κ2) is 7.56. The number of methoxy groups -OCH3 is 1. The average molecular weight is 173 g/mol. The van der Waals surface area contributed by atoms with Gasteiger partial charge in [0, 0.05) is 13.2 Å². The van der Waals surface area contributed by atoms with Gasteiger partial charge in [0.1, 0.15) is 0 Å². The van der Waals surface area contributed by atoms with E-state index >= 15 is 0 Å². The summed E-state index contributed by atoms with van der Waals surface area (Å²) in [6.07, 6.45) is 5.53. The maximum Gasteiger partial charge on any atom is 0.0572 e. The van der Waals surface area contributed by atoms with E-state index < -0.39 is 0 Å². The summed E-state index contributed by atoms with van der Waals surface area (Å²) >= 11 is 0. The molecule has 0 aromatic carbocycles. The molecule has 1 aliphatic rings. The second-order valence-electron chi connectivity index (χ2n) is 3.00. The minimum Gasteiger partial charge on any atom is -0.381 e. The zero-order valence-corrected chi connectivity index (χ0v) is 8.89. The van der Waals surface area contributed by atoms with E-state index in [1.54, 1.807) is 0 Å². The minimum atomic E-state index is 0.532. The highest BCUT2D eigenvalue weighted by atomic mass is 16.5. The molecule has 2 nitrogen and oxygen atoms in total. The standard InChI is InChI=1S/C8H17NO.C2H6/c1-9-7-3-5-8(10-2)6-4-7;1-2/h7-9H,3-6H2,1-2H3;1-2H3. The van der Waals surface area contributed by atoms with Gasteiger partial charge in [-0.1, -0.05) is 13.8 Å². The van der Waals surface area contributed by atoms with Crippen LogP contribution >= 0.6 is 0 Å². The van der Waals surface area contributed by atoms with E-state index in [-0.39, 0.29) is 0 Å². The van der Waals surface area contributed by atoms with Gasteiger partial charge in [0.2, 0.25) is 0 Å². The van der Waals surface area contributed by atoms with E-state index in [4.69, 9.17) is 4.74 Å². The maximum atomic E-state index is 5.26. The lowest BCUT2D eigenvalue weighted by Gasteiger charge is -2.26. The molecule has 0 saturated heterocycles. The molecule has 0 amide bonds. The summed E-state index contributed by atoms with van der Waals surface area (Å²) in [7, 11) is 3.85. The summed E-state index contributed by atoms with van der Waals surface area (Å²) < 4.78 is 5.26. The molecule has 0 unspecified atom stereocenters. The van der Waals surface area contributed by atoms with Crippen molar-refractivity contribution in [1.29, 1.82) is 0 Å². The number of hydrogen-bond donors (Lipinski definition) is 1. The number of hydrogen-bond acceptors (Lipinski definition) is 2. The van der Waals surface area contributed by atoms with E-state index in [0.717, 1.165) is 6.04 Å². The first-order chi connectivity index (χ1) is 5.86. The molecule has 0 heterocycles. The van der Waals surface area contributed by atoms with Crippen molar-refractivity contribution in [1.82, 2.24) is 5.32 Å². The van der Waals surface area contributed by atoms with Gasteiger partial charge in [-0.15, -0.1) is 0 Å². The van der Waals surface area contributed by atoms with Gasteiger partial charge in [-0.2, -0.15) is 0 Å². The van der Waals surface area contributed by atoms with Gasteiger partial charge in [0.05, 0.1) is 6.10 Å². The molecular weight excluding hydrogens is 150 g/mol. The second-order valence-corrected chi connectivity index (χ2v) is 3.00. The van der Waals surface area contributed by atoms with E-state index in [1.165, 1.54) is 25.7 Å². The summed E-state index contributed by atoms with van der Waals surface area (Å²) in [6, 6.07) is 0.742. The Morgan fingerprint density at radius 2 is 1.58 bits per heavy atom. The first-order valence-electron chi connectivity index (χ1n) is 5.07. The van der Waals surface area contributed by atoms with E-state index in [0.29, 0.717) is 6.10 Å². The summed E-state index contributed by atoms with van der Waals surface area (Å²) in [6.45, 7) is 4.00. The first-order valence-corrected chi connectivity index (χ1v) is 5.07. The lowest BCUT2D eigenvalue weighted by molar-refractivity contribution is 0.0634. The van der Waals surface area contributed by atoms with Crippen molar-refractivity contribution in [3.8, 4) is 0 Å². The molecule has 1 aliphatic carbocycles. The molecular formula is C10H23NO. The van der Waals surface area contributed by atoms with Gasteiger partial charge < -0.3 is 10.1 Å². The molecule has 74 valence electrons. The fourth-order valence-corrected chi connectivity index (χ4v) is 1.59. The van der Waals surface area contributed by atoms with Crippen LogP contribution in [0.15, 0.2) is 0 Å². The lowest BCUT2D eigenvalue weighted by Crippen LogP contribution is -2.32. The van der Waals surface area contributed by atoms with Crippen molar-refractivity contribution in [2.45, 2.75) is 51.7 Å². The van der Waals surface area contributed by atoms with Crippen molar-refractivity contribution >= 4 is 0 Å². The molecule has 0 aromatic rings. The number of nitrogens with one attached hydrogen (secondary N) is 1. The highest BCUT2D eigenvalue weighted by Gasteiger charge is 2.18. The van der Waals surface area contributed by atoms with Crippen LogP contribution < -0.4 is 5.32 Å². The van der Waals surface area contributed by atoms with Gasteiger partial charge >= 0.3 is 0 Å². The smallest absolute Gasteiger partial charge is 0.0572 e. The fourth-order valence-electron chi connectivity index (χ4n) is 1.59. The maximum absolute atomic E-state index is 5.26. The minimum absolute atomic E-state index is 0.532. The molecule has 1 saturated carbocycles. The quantitative estimate of drug-likeness (QED) is 0.691. The van der Waals surface area contributed by atoms with Crippen molar-refractivity contribution in [3.05, 3.63) is 0 Å². The van der Waals surface area contributed by atoms with Crippen molar-refractivity contribution in [2.75, 3.05) is 14.2 Å². The Morgan fingerprint density at radius 1 is 1.08 bits per heavy atom. The lowest BCUT2D eigenvalue weighted by atomic mass is 9.93. The summed E-state index contributed by atoms with van der Waals surface area (Å²) in [5, 5.41) is 3.29. The van der Waals surface area contributed by atoms with E-state index in [9.17, 15) is 0 Å². The van der Waals surface area contributed by atoms with Crippen LogP contribution in [0.3, 0.4) is 0 Å². The predicted molar refractivity (Wildman–Crippen MR) is 53.5 cm³/mol. The van der Waals surface area contributed by atoms with Crippen LogP contribution in [0.25, 0.3) is 0 Å². The van der Waals surface area contributed by atoms with Gasteiger partial charge in [0.25, 0.3) is 0 Å². The Kier molecular flexibility index (Phi) is 7.51. The fraction of sp³-hybridized carbons (Fsp3) is 1.00. The zero-order chi connectivity index (χ0) is 9.40. The van der Waals surface area contributed by atoms with Gasteiger partial charge in [-0.05, 0) is 32.7 Å². The topological polar surface area (TPSA) is 21.3 Å². The Balaban J connectivity index is 0.000000561. The van der Waals surface area contributed by atoms with E-state index in [1.807, 2.05) is 28.0 Å². The van der Waals surface area contributed by atoms with Gasteiger partial charge in [-0.25, -0.2) is 0 Å². The largest absolute Gasteiger partial charge is 0.381 e. The van der Waals surface area contributed by atoms with Crippen molar-refractivity contribution in [3.63, 3.8) is 0 Å². The van der Waals surface area contributed by atoms with Crippen LogP contribution in [0.1, 0.15) is 39.5 Å². The zero-order valence-electron chi connectivity index (χ0n) is 8.89. The van der Waals surface area contributed by atoms with Crippen molar-refractivity contribution < 1.29 is 4.74 Å². The van der Waals surface area contributed by atoms with Crippen LogP contribution in [-0.4, -0.2) is 26.3 Å². The first kappa shape index (κ1) is 11.9. The highest BCUT2D eigenvalue weighted by Crippen LogP contribution is 2.19. The molecule has 12 heavy (non-hydrogen) atoms. The molecule has 0 bridgehead atoms. The van der Waals surface area contributed by atoms with Crippen LogP contribution in [0.4, 0.5) is 0 Å². The number of rotatable bonds is 2. The molecule has 1 N–H and O–H groups in total. The van der Waals surface area contributed by atoms with Crippen LogP contribution in [-0.2, 0) is 4.74 Å². The Bertz CT molecular complexity index is 75.8. The summed E-state index contributed by atoms with van der Waals surface area (Å²) in [5.74, 6) is 0. The third-order valence-electron chi connectivity index (χ3n) is 2.42. The normalized spacial score (nSPS) is 29.0. The SMILES string of the molecule is CC.CNC1CCC(OC)CC1. The van der Waals surface area contributed by atoms with Crippen LogP contribution in [0.5, 0.6) is 0 Å².